The van der Waals surface area contributed by atoms with Gasteiger partial charge in [-0.25, -0.2) is 0 Å². The summed E-state index contributed by atoms with van der Waals surface area (Å²) in [4.78, 5) is 2.38. The largest absolute Gasteiger partial charge is 0.306 e. The lowest BCUT2D eigenvalue weighted by atomic mass is 9.67. The molecule has 0 bridgehead atoms. The fourth-order valence-electron chi connectivity index (χ4n) is 4.50. The van der Waals surface area contributed by atoms with Crippen LogP contribution in [0, 0.1) is 11.3 Å². The maximum Gasteiger partial charge on any atom is 0.0995 e. The van der Waals surface area contributed by atoms with Crippen molar-refractivity contribution in [3.05, 3.63) is 69.2 Å². The topological polar surface area (TPSA) is 27.0 Å². The van der Waals surface area contributed by atoms with E-state index in [1.54, 1.807) is 0 Å². The Labute approximate surface area is 175 Å². The van der Waals surface area contributed by atoms with Crippen molar-refractivity contribution in [1.82, 2.24) is 4.90 Å². The Balaban J connectivity index is 2.16. The Morgan fingerprint density at radius 3 is 2.07 bits per heavy atom. The minimum absolute atomic E-state index is 0.0905. The Bertz CT molecular complexity index is 867. The highest BCUT2D eigenvalue weighted by atomic mass is 35.5. The molecular formula is C25H31ClN2. The van der Waals surface area contributed by atoms with Crippen LogP contribution in [-0.2, 0) is 5.41 Å². The molecule has 1 aliphatic heterocycles. The molecule has 2 aromatic rings. The molecule has 1 aliphatic rings. The van der Waals surface area contributed by atoms with Crippen LogP contribution in [0.2, 0.25) is 5.02 Å². The lowest BCUT2D eigenvalue weighted by Gasteiger charge is -2.42. The molecule has 0 saturated carbocycles. The molecule has 2 aromatic carbocycles. The summed E-state index contributed by atoms with van der Waals surface area (Å²) in [6.07, 6.45) is 2.07. The van der Waals surface area contributed by atoms with E-state index in [2.05, 4.69) is 82.1 Å². The first-order valence-electron chi connectivity index (χ1n) is 10.3. The molecule has 0 atom stereocenters. The van der Waals surface area contributed by atoms with Crippen LogP contribution < -0.4 is 0 Å². The second kappa shape index (κ2) is 8.27. The van der Waals surface area contributed by atoms with Gasteiger partial charge >= 0.3 is 0 Å². The number of nitriles is 1. The van der Waals surface area contributed by atoms with Crippen molar-refractivity contribution in [2.75, 3.05) is 20.1 Å². The summed E-state index contributed by atoms with van der Waals surface area (Å²) in [5.41, 5.74) is 5.47. The lowest BCUT2D eigenvalue weighted by Crippen LogP contribution is -2.41. The average molecular weight is 395 g/mol. The molecule has 1 fully saturated rings. The van der Waals surface area contributed by atoms with Crippen LogP contribution in [0.3, 0.4) is 0 Å². The number of rotatable bonds is 4. The number of hydrogen-bond donors (Lipinski definition) is 0. The van der Waals surface area contributed by atoms with Crippen LogP contribution >= 0.6 is 11.6 Å². The van der Waals surface area contributed by atoms with E-state index in [-0.39, 0.29) is 11.3 Å². The van der Waals surface area contributed by atoms with Gasteiger partial charge in [-0.05, 0) is 79.2 Å². The smallest absolute Gasteiger partial charge is 0.0995 e. The predicted molar refractivity (Wildman–Crippen MR) is 118 cm³/mol. The van der Waals surface area contributed by atoms with E-state index < -0.39 is 0 Å². The van der Waals surface area contributed by atoms with Crippen LogP contribution in [0.4, 0.5) is 0 Å². The zero-order chi connectivity index (χ0) is 20.5. The molecule has 148 valence electrons. The van der Waals surface area contributed by atoms with Gasteiger partial charge in [0.2, 0.25) is 0 Å². The molecule has 0 aliphatic carbocycles. The van der Waals surface area contributed by atoms with Gasteiger partial charge in [0, 0.05) is 10.4 Å². The third-order valence-corrected chi connectivity index (χ3v) is 6.66. The molecule has 0 aromatic heterocycles. The van der Waals surface area contributed by atoms with Gasteiger partial charge in [-0.3, -0.25) is 0 Å². The van der Waals surface area contributed by atoms with Crippen molar-refractivity contribution in [3.63, 3.8) is 0 Å². The van der Waals surface area contributed by atoms with E-state index in [9.17, 15) is 5.26 Å². The molecule has 0 unspecified atom stereocenters. The second-order valence-electron chi connectivity index (χ2n) is 8.85. The van der Waals surface area contributed by atoms with Gasteiger partial charge in [0.1, 0.15) is 0 Å². The molecule has 1 heterocycles. The molecule has 28 heavy (non-hydrogen) atoms. The van der Waals surface area contributed by atoms with Crippen molar-refractivity contribution in [3.8, 4) is 6.07 Å². The van der Waals surface area contributed by atoms with E-state index in [1.165, 1.54) is 16.7 Å². The minimum atomic E-state index is -0.0905. The first-order valence-corrected chi connectivity index (χ1v) is 10.7. The highest BCUT2D eigenvalue weighted by molar-refractivity contribution is 6.31. The third-order valence-electron chi connectivity index (χ3n) is 6.35. The summed E-state index contributed by atoms with van der Waals surface area (Å²) >= 11 is 6.71. The standard InChI is InChI=1S/C25H31ClN2/c1-17(2)19-6-8-21(9-7-19)25(10-12-28(5)13-11-25)22-14-20(16-27)24(18(3)4)23(26)15-22/h6-9,14-15,17-18H,10-13H2,1-5H3. The van der Waals surface area contributed by atoms with Gasteiger partial charge in [-0.15, -0.1) is 0 Å². The molecule has 0 spiro atoms. The average Bonchev–Trinajstić information content (AvgIpc) is 2.67. The Morgan fingerprint density at radius 1 is 0.964 bits per heavy atom. The summed E-state index contributed by atoms with van der Waals surface area (Å²) in [5.74, 6) is 0.752. The van der Waals surface area contributed by atoms with Gasteiger partial charge < -0.3 is 4.90 Å². The van der Waals surface area contributed by atoms with Crippen molar-refractivity contribution >= 4 is 11.6 Å². The predicted octanol–water partition coefficient (Wildman–Crippen LogP) is 6.47. The molecule has 2 nitrogen and oxygen atoms in total. The van der Waals surface area contributed by atoms with Crippen molar-refractivity contribution < 1.29 is 0 Å². The first-order chi connectivity index (χ1) is 13.3. The van der Waals surface area contributed by atoms with Gasteiger partial charge in [0.15, 0.2) is 0 Å². The van der Waals surface area contributed by atoms with E-state index in [4.69, 9.17) is 11.6 Å². The second-order valence-corrected chi connectivity index (χ2v) is 9.26. The molecule has 0 radical (unpaired) electrons. The minimum Gasteiger partial charge on any atom is -0.306 e. The van der Waals surface area contributed by atoms with Crippen LogP contribution in [0.25, 0.3) is 0 Å². The third kappa shape index (κ3) is 3.84. The van der Waals surface area contributed by atoms with Gasteiger partial charge in [0.05, 0.1) is 11.6 Å². The monoisotopic (exact) mass is 394 g/mol. The Hall–Kier alpha value is -1.82. The quantitative estimate of drug-likeness (QED) is 0.594. The number of halogens is 1. The first kappa shape index (κ1) is 20.9. The number of benzene rings is 2. The highest BCUT2D eigenvalue weighted by Crippen LogP contribution is 2.44. The van der Waals surface area contributed by atoms with Gasteiger partial charge in [0.25, 0.3) is 0 Å². The maximum absolute atomic E-state index is 9.79. The molecule has 0 amide bonds. The number of hydrogen-bond acceptors (Lipinski definition) is 2. The molecular weight excluding hydrogens is 364 g/mol. The fourth-order valence-corrected chi connectivity index (χ4v) is 4.94. The molecule has 3 heteroatoms. The molecule has 3 rings (SSSR count). The van der Waals surface area contributed by atoms with E-state index >= 15 is 0 Å². The fraction of sp³-hybridized carbons (Fsp3) is 0.480. The van der Waals surface area contributed by atoms with E-state index in [1.807, 2.05) is 0 Å². The van der Waals surface area contributed by atoms with Gasteiger partial charge in [-0.2, -0.15) is 5.26 Å². The normalized spacial score (nSPS) is 17.1. The van der Waals surface area contributed by atoms with Crippen molar-refractivity contribution in [1.29, 1.82) is 5.26 Å². The summed E-state index contributed by atoms with van der Waals surface area (Å²) in [6, 6.07) is 15.7. The van der Waals surface area contributed by atoms with E-state index in [0.717, 1.165) is 42.1 Å². The highest BCUT2D eigenvalue weighted by Gasteiger charge is 2.38. The summed E-state index contributed by atoms with van der Waals surface area (Å²) in [7, 11) is 2.18. The van der Waals surface area contributed by atoms with Gasteiger partial charge in [-0.1, -0.05) is 63.6 Å². The van der Waals surface area contributed by atoms with Crippen molar-refractivity contribution in [2.45, 2.75) is 57.8 Å². The van der Waals surface area contributed by atoms with Crippen LogP contribution in [-0.4, -0.2) is 25.0 Å². The number of piperidine rings is 1. The lowest BCUT2D eigenvalue weighted by molar-refractivity contribution is 0.213. The van der Waals surface area contributed by atoms with Crippen LogP contribution in [0.15, 0.2) is 36.4 Å². The number of nitrogens with zero attached hydrogens (tertiary/aromatic N) is 2. The molecule has 0 N–H and O–H groups in total. The Morgan fingerprint density at radius 2 is 1.57 bits per heavy atom. The molecule has 1 saturated heterocycles. The zero-order valence-corrected chi connectivity index (χ0v) is 18.5. The van der Waals surface area contributed by atoms with Crippen LogP contribution in [0.1, 0.15) is 80.2 Å². The van der Waals surface area contributed by atoms with Crippen LogP contribution in [0.5, 0.6) is 0 Å². The Kier molecular flexibility index (Phi) is 6.18. The van der Waals surface area contributed by atoms with Crippen molar-refractivity contribution in [2.24, 2.45) is 0 Å². The maximum atomic E-state index is 9.79. The zero-order valence-electron chi connectivity index (χ0n) is 17.7. The van der Waals surface area contributed by atoms with E-state index in [0.29, 0.717) is 5.92 Å². The SMILES string of the molecule is CC(C)c1ccc(C2(c3cc(Cl)c(C(C)C)c(C#N)c3)CCN(C)CC2)cc1. The number of likely N-dealkylation sites (tertiary alicyclic amines) is 1. The summed E-state index contributed by atoms with van der Waals surface area (Å²) in [6.45, 7) is 10.7. The summed E-state index contributed by atoms with van der Waals surface area (Å²) < 4.78 is 0. The summed E-state index contributed by atoms with van der Waals surface area (Å²) in [5, 5.41) is 10.5.